The molecule has 1 aliphatic rings. The fraction of sp³-hybridized carbons (Fsp3) is 0.375. The summed E-state index contributed by atoms with van der Waals surface area (Å²) in [5.41, 5.74) is 4.34. The van der Waals surface area contributed by atoms with Crippen LogP contribution in [0.25, 0.3) is 5.57 Å². The molecule has 0 atom stereocenters. The zero-order valence-electron chi connectivity index (χ0n) is 10.1. The molecule has 0 saturated carbocycles. The van der Waals surface area contributed by atoms with Crippen molar-refractivity contribution in [2.24, 2.45) is 0 Å². The summed E-state index contributed by atoms with van der Waals surface area (Å²) in [6.07, 6.45) is 12.8. The molecule has 0 heteroatoms. The van der Waals surface area contributed by atoms with Gasteiger partial charge in [-0.1, -0.05) is 55.8 Å². The van der Waals surface area contributed by atoms with Gasteiger partial charge in [-0.25, -0.2) is 0 Å². The first-order chi connectivity index (χ1) is 7.90. The average Bonchev–Trinajstić information content (AvgIpc) is 2.38. The second kappa shape index (κ2) is 5.69. The van der Waals surface area contributed by atoms with Crippen LogP contribution in [-0.2, 0) is 6.42 Å². The van der Waals surface area contributed by atoms with E-state index in [1.165, 1.54) is 48.8 Å². The van der Waals surface area contributed by atoms with Crippen molar-refractivity contribution in [3.05, 3.63) is 53.6 Å². The highest BCUT2D eigenvalue weighted by Gasteiger charge is 2.02. The lowest BCUT2D eigenvalue weighted by molar-refractivity contribution is 0.795. The van der Waals surface area contributed by atoms with Crippen molar-refractivity contribution >= 4 is 5.57 Å². The van der Waals surface area contributed by atoms with Gasteiger partial charge in [-0.3, -0.25) is 0 Å². The molecule has 0 unspecified atom stereocenters. The highest BCUT2D eigenvalue weighted by Crippen LogP contribution is 2.23. The number of rotatable bonds is 4. The highest BCUT2D eigenvalue weighted by molar-refractivity contribution is 5.68. The summed E-state index contributed by atoms with van der Waals surface area (Å²) in [5, 5.41) is 0. The summed E-state index contributed by atoms with van der Waals surface area (Å²) >= 11 is 0. The van der Waals surface area contributed by atoms with Gasteiger partial charge in [0.15, 0.2) is 0 Å². The van der Waals surface area contributed by atoms with E-state index in [0.717, 1.165) is 0 Å². The summed E-state index contributed by atoms with van der Waals surface area (Å²) in [6.45, 7) is 2.24. The summed E-state index contributed by atoms with van der Waals surface area (Å²) in [4.78, 5) is 0. The summed E-state index contributed by atoms with van der Waals surface area (Å²) in [5.74, 6) is 0. The molecular formula is C16H20. The lowest BCUT2D eigenvalue weighted by atomic mass is 9.96. The smallest absolute Gasteiger partial charge is 0.0224 e. The Kier molecular flexibility index (Phi) is 3.98. The Morgan fingerprint density at radius 2 is 1.94 bits per heavy atom. The molecule has 84 valence electrons. The fourth-order valence-corrected chi connectivity index (χ4v) is 2.11. The lowest BCUT2D eigenvalue weighted by Gasteiger charge is -2.09. The molecule has 2 rings (SSSR count). The molecule has 1 aromatic rings. The minimum absolute atomic E-state index is 1.18. The molecule has 0 fully saturated rings. The molecule has 0 N–H and O–H groups in total. The van der Waals surface area contributed by atoms with Crippen LogP contribution in [0.2, 0.25) is 0 Å². The van der Waals surface area contributed by atoms with E-state index in [1.807, 2.05) is 0 Å². The predicted molar refractivity (Wildman–Crippen MR) is 71.4 cm³/mol. The van der Waals surface area contributed by atoms with Gasteiger partial charge in [0.25, 0.3) is 0 Å². The average molecular weight is 212 g/mol. The molecule has 0 saturated heterocycles. The van der Waals surface area contributed by atoms with Crippen molar-refractivity contribution < 1.29 is 0 Å². The van der Waals surface area contributed by atoms with Gasteiger partial charge in [-0.05, 0) is 42.4 Å². The maximum absolute atomic E-state index is 2.28. The van der Waals surface area contributed by atoms with Gasteiger partial charge in [0.2, 0.25) is 0 Å². The number of allylic oxidation sites excluding steroid dienone is 4. The number of aryl methyl sites for hydroxylation is 1. The zero-order valence-corrected chi connectivity index (χ0v) is 10.1. The van der Waals surface area contributed by atoms with E-state index in [2.05, 4.69) is 49.4 Å². The summed E-state index contributed by atoms with van der Waals surface area (Å²) in [6, 6.07) is 9.11. The second-order valence-corrected chi connectivity index (χ2v) is 4.46. The van der Waals surface area contributed by atoms with Crippen LogP contribution >= 0.6 is 0 Å². The molecule has 0 bridgehead atoms. The topological polar surface area (TPSA) is 0 Å². The molecule has 1 aromatic carbocycles. The number of hydrogen-bond donors (Lipinski definition) is 0. The SMILES string of the molecule is CCCCc1ccc(C2=CC=CCC2)cc1. The highest BCUT2D eigenvalue weighted by atomic mass is 14.1. The first-order valence-electron chi connectivity index (χ1n) is 6.35. The second-order valence-electron chi connectivity index (χ2n) is 4.46. The van der Waals surface area contributed by atoms with E-state index < -0.39 is 0 Å². The van der Waals surface area contributed by atoms with E-state index in [0.29, 0.717) is 0 Å². The van der Waals surface area contributed by atoms with Crippen molar-refractivity contribution in [3.63, 3.8) is 0 Å². The standard InChI is InChI=1S/C16H20/c1-2-3-7-14-10-12-16(13-11-14)15-8-5-4-6-9-15/h4-5,8,10-13H,2-3,6-7,9H2,1H3. The third kappa shape index (κ3) is 2.85. The molecule has 0 radical (unpaired) electrons. The number of hydrogen-bond acceptors (Lipinski definition) is 0. The van der Waals surface area contributed by atoms with Gasteiger partial charge in [0, 0.05) is 0 Å². The normalized spacial score (nSPS) is 14.9. The van der Waals surface area contributed by atoms with Crippen LogP contribution in [0.4, 0.5) is 0 Å². The monoisotopic (exact) mass is 212 g/mol. The quantitative estimate of drug-likeness (QED) is 0.675. The maximum atomic E-state index is 2.28. The molecule has 0 spiro atoms. The Balaban J connectivity index is 2.06. The van der Waals surface area contributed by atoms with E-state index in [4.69, 9.17) is 0 Å². The van der Waals surface area contributed by atoms with E-state index in [-0.39, 0.29) is 0 Å². The van der Waals surface area contributed by atoms with Crippen molar-refractivity contribution in [1.82, 2.24) is 0 Å². The van der Waals surface area contributed by atoms with Crippen LogP contribution in [-0.4, -0.2) is 0 Å². The predicted octanol–water partition coefficient (Wildman–Crippen LogP) is 4.76. The molecule has 0 aliphatic heterocycles. The molecule has 0 amide bonds. The Bertz CT molecular complexity index is 379. The van der Waals surface area contributed by atoms with Gasteiger partial charge in [0.1, 0.15) is 0 Å². The largest absolute Gasteiger partial charge is 0.0842 e. The van der Waals surface area contributed by atoms with Gasteiger partial charge in [-0.2, -0.15) is 0 Å². The van der Waals surface area contributed by atoms with Crippen LogP contribution in [0.15, 0.2) is 42.5 Å². The maximum Gasteiger partial charge on any atom is -0.0224 e. The van der Waals surface area contributed by atoms with Crippen molar-refractivity contribution in [2.45, 2.75) is 39.0 Å². The van der Waals surface area contributed by atoms with Crippen LogP contribution < -0.4 is 0 Å². The minimum atomic E-state index is 1.18. The molecule has 0 heterocycles. The zero-order chi connectivity index (χ0) is 11.2. The molecule has 0 aromatic heterocycles. The third-order valence-corrected chi connectivity index (χ3v) is 3.16. The number of unbranched alkanes of at least 4 members (excludes halogenated alkanes) is 1. The molecule has 0 nitrogen and oxygen atoms in total. The Labute approximate surface area is 98.7 Å². The van der Waals surface area contributed by atoms with Gasteiger partial charge < -0.3 is 0 Å². The van der Waals surface area contributed by atoms with Crippen molar-refractivity contribution in [1.29, 1.82) is 0 Å². The van der Waals surface area contributed by atoms with E-state index in [9.17, 15) is 0 Å². The fourth-order valence-electron chi connectivity index (χ4n) is 2.11. The third-order valence-electron chi connectivity index (χ3n) is 3.16. The lowest BCUT2D eigenvalue weighted by Crippen LogP contribution is -1.89. The minimum Gasteiger partial charge on any atom is -0.0842 e. The van der Waals surface area contributed by atoms with Crippen LogP contribution in [0.1, 0.15) is 43.7 Å². The Morgan fingerprint density at radius 1 is 1.12 bits per heavy atom. The summed E-state index contributed by atoms with van der Waals surface area (Å²) < 4.78 is 0. The van der Waals surface area contributed by atoms with Crippen LogP contribution in [0.5, 0.6) is 0 Å². The molecular weight excluding hydrogens is 192 g/mol. The van der Waals surface area contributed by atoms with E-state index >= 15 is 0 Å². The van der Waals surface area contributed by atoms with E-state index in [1.54, 1.807) is 0 Å². The summed E-state index contributed by atoms with van der Waals surface area (Å²) in [7, 11) is 0. The van der Waals surface area contributed by atoms with Crippen molar-refractivity contribution in [3.8, 4) is 0 Å². The first kappa shape index (κ1) is 11.2. The van der Waals surface area contributed by atoms with Crippen LogP contribution in [0, 0.1) is 0 Å². The number of benzene rings is 1. The van der Waals surface area contributed by atoms with Gasteiger partial charge >= 0.3 is 0 Å². The van der Waals surface area contributed by atoms with Gasteiger partial charge in [0.05, 0.1) is 0 Å². The van der Waals surface area contributed by atoms with Crippen LogP contribution in [0.3, 0.4) is 0 Å². The molecule has 1 aliphatic carbocycles. The Hall–Kier alpha value is -1.30. The first-order valence-corrected chi connectivity index (χ1v) is 6.35. The van der Waals surface area contributed by atoms with Gasteiger partial charge in [-0.15, -0.1) is 0 Å². The molecule has 16 heavy (non-hydrogen) atoms. The van der Waals surface area contributed by atoms with Crippen molar-refractivity contribution in [2.75, 3.05) is 0 Å². The Morgan fingerprint density at radius 3 is 2.56 bits per heavy atom.